The Morgan fingerprint density at radius 1 is 1.08 bits per heavy atom. The van der Waals surface area contributed by atoms with Gasteiger partial charge >= 0.3 is 12.1 Å². The number of carbonyl (C=O) groups is 1. The van der Waals surface area contributed by atoms with Gasteiger partial charge in [0.1, 0.15) is 0 Å². The Bertz CT molecular complexity index is 877. The van der Waals surface area contributed by atoms with E-state index in [1.807, 2.05) is 0 Å². The predicted octanol–water partition coefficient (Wildman–Crippen LogP) is 5.03. The first-order chi connectivity index (χ1) is 12.1. The number of carboxylic acids is 1. The Hall–Kier alpha value is -2.22. The Labute approximate surface area is 155 Å². The second-order valence-corrected chi connectivity index (χ2v) is 6.41. The minimum Gasteiger partial charge on any atom is -0.478 e. The van der Waals surface area contributed by atoms with Crippen LogP contribution in [-0.4, -0.2) is 17.3 Å². The molecule has 0 radical (unpaired) electrons. The van der Waals surface area contributed by atoms with Crippen molar-refractivity contribution in [3.8, 4) is 0 Å². The number of alkyl halides is 3. The number of carboxylic acid groups (broad SMARTS) is 1. The topological polar surface area (TPSA) is 58.6 Å². The zero-order valence-corrected chi connectivity index (χ0v) is 14.3. The fourth-order valence-corrected chi connectivity index (χ4v) is 3.07. The van der Waals surface area contributed by atoms with Gasteiger partial charge in [-0.2, -0.15) is 13.2 Å². The Balaban J connectivity index is 2.09. The van der Waals surface area contributed by atoms with Crippen molar-refractivity contribution in [2.24, 2.45) is 0 Å². The molecule has 0 aliphatic carbocycles. The third-order valence-corrected chi connectivity index (χ3v) is 4.26. The highest BCUT2D eigenvalue weighted by Gasteiger charge is 2.59. The van der Waals surface area contributed by atoms with Crippen LogP contribution >= 0.6 is 23.2 Å². The van der Waals surface area contributed by atoms with Crippen molar-refractivity contribution < 1.29 is 27.9 Å². The summed E-state index contributed by atoms with van der Waals surface area (Å²) in [4.78, 5) is 15.8. The number of hydrogen-bond donors (Lipinski definition) is 2. The zero-order chi connectivity index (χ0) is 19.1. The number of hydrogen-bond acceptors (Lipinski definition) is 3. The molecule has 0 fully saturated rings. The first-order valence-electron chi connectivity index (χ1n) is 7.16. The second kappa shape index (κ2) is 6.50. The van der Waals surface area contributed by atoms with E-state index in [1.165, 1.54) is 30.3 Å². The van der Waals surface area contributed by atoms with E-state index >= 15 is 0 Å². The molecule has 1 heterocycles. The Kier molecular flexibility index (Phi) is 4.64. The van der Waals surface area contributed by atoms with Crippen LogP contribution in [0.4, 0.5) is 13.2 Å². The molecule has 0 bridgehead atoms. The summed E-state index contributed by atoms with van der Waals surface area (Å²) in [6.45, 7) is 0. The fourth-order valence-electron chi connectivity index (χ4n) is 2.55. The molecule has 2 aromatic carbocycles. The maximum atomic E-state index is 13.9. The molecule has 2 N–H and O–H groups in total. The van der Waals surface area contributed by atoms with Gasteiger partial charge in [-0.25, -0.2) is 4.79 Å². The standard InChI is InChI=1S/C17H10Cl2F3NO3/c18-12-5-11(6-13(19)7-12)16(17(20,21)22)8-14(23-26-16)9-1-3-10(4-2-9)15(24)25/h1-8,23H,(H,24,25). The number of nitrogens with one attached hydrogen (secondary N) is 1. The van der Waals surface area contributed by atoms with Crippen molar-refractivity contribution >= 4 is 34.9 Å². The molecule has 9 heteroatoms. The molecule has 1 atom stereocenters. The van der Waals surface area contributed by atoms with E-state index in [-0.39, 0.29) is 26.9 Å². The van der Waals surface area contributed by atoms with Crippen molar-refractivity contribution in [3.05, 3.63) is 75.3 Å². The van der Waals surface area contributed by atoms with Gasteiger partial charge in [0.25, 0.3) is 0 Å². The summed E-state index contributed by atoms with van der Waals surface area (Å²) in [6.07, 6.45) is -3.94. The van der Waals surface area contributed by atoms with Crippen LogP contribution in [0.15, 0.2) is 48.5 Å². The van der Waals surface area contributed by atoms with Crippen molar-refractivity contribution in [2.75, 3.05) is 0 Å². The number of rotatable bonds is 3. The molecule has 1 aliphatic rings. The molecule has 2 aromatic rings. The normalized spacial score (nSPS) is 19.8. The minimum absolute atomic E-state index is 0.0111. The lowest BCUT2D eigenvalue weighted by molar-refractivity contribution is -0.269. The van der Waals surface area contributed by atoms with E-state index in [0.717, 1.165) is 18.2 Å². The molecule has 4 nitrogen and oxygen atoms in total. The highest BCUT2D eigenvalue weighted by Crippen LogP contribution is 2.48. The number of halogens is 5. The van der Waals surface area contributed by atoms with Crippen LogP contribution in [0.5, 0.6) is 0 Å². The lowest BCUT2D eigenvalue weighted by Gasteiger charge is -2.28. The average molecular weight is 404 g/mol. The Morgan fingerprint density at radius 2 is 1.65 bits per heavy atom. The summed E-state index contributed by atoms with van der Waals surface area (Å²) >= 11 is 11.7. The molecule has 26 heavy (non-hydrogen) atoms. The summed E-state index contributed by atoms with van der Waals surface area (Å²) in [6, 6.07) is 8.87. The molecule has 3 rings (SSSR count). The molecule has 0 saturated heterocycles. The molecule has 1 unspecified atom stereocenters. The van der Waals surface area contributed by atoms with E-state index in [2.05, 4.69) is 5.48 Å². The van der Waals surface area contributed by atoms with E-state index in [4.69, 9.17) is 33.1 Å². The van der Waals surface area contributed by atoms with Gasteiger partial charge in [0, 0.05) is 15.6 Å². The maximum absolute atomic E-state index is 13.9. The van der Waals surface area contributed by atoms with E-state index < -0.39 is 17.7 Å². The van der Waals surface area contributed by atoms with Gasteiger partial charge in [-0.1, -0.05) is 35.3 Å². The van der Waals surface area contributed by atoms with Crippen molar-refractivity contribution in [2.45, 2.75) is 11.8 Å². The molecule has 1 aliphatic heterocycles. The first kappa shape index (κ1) is 18.6. The van der Waals surface area contributed by atoms with Crippen LogP contribution in [0.25, 0.3) is 5.70 Å². The molecular formula is C17H10Cl2F3NO3. The lowest BCUT2D eigenvalue weighted by Crippen LogP contribution is -2.42. The third kappa shape index (κ3) is 3.25. The van der Waals surface area contributed by atoms with Crippen LogP contribution in [0.3, 0.4) is 0 Å². The van der Waals surface area contributed by atoms with Gasteiger partial charge in [0.15, 0.2) is 0 Å². The van der Waals surface area contributed by atoms with Crippen molar-refractivity contribution in [1.29, 1.82) is 0 Å². The van der Waals surface area contributed by atoms with E-state index in [1.54, 1.807) is 0 Å². The number of aromatic carboxylic acids is 1. The minimum atomic E-state index is -4.81. The van der Waals surface area contributed by atoms with Gasteiger partial charge < -0.3 is 5.11 Å². The van der Waals surface area contributed by atoms with Crippen LogP contribution in [0.1, 0.15) is 21.5 Å². The summed E-state index contributed by atoms with van der Waals surface area (Å²) in [5.74, 6) is -1.14. The van der Waals surface area contributed by atoms with Crippen molar-refractivity contribution in [1.82, 2.24) is 5.48 Å². The maximum Gasteiger partial charge on any atom is 0.428 e. The smallest absolute Gasteiger partial charge is 0.428 e. The SMILES string of the molecule is O=C(O)c1ccc(C2=CC(c3cc(Cl)cc(Cl)c3)(C(F)(F)F)ON2)cc1. The van der Waals surface area contributed by atoms with Gasteiger partial charge in [-0.15, -0.1) is 0 Å². The fraction of sp³-hybridized carbons (Fsp3) is 0.118. The third-order valence-electron chi connectivity index (χ3n) is 3.82. The van der Waals surface area contributed by atoms with Crippen molar-refractivity contribution in [3.63, 3.8) is 0 Å². The largest absolute Gasteiger partial charge is 0.478 e. The van der Waals surface area contributed by atoms with E-state index in [0.29, 0.717) is 5.56 Å². The van der Waals surface area contributed by atoms with Gasteiger partial charge in [0.05, 0.1) is 11.3 Å². The number of hydroxylamine groups is 1. The first-order valence-corrected chi connectivity index (χ1v) is 7.92. The molecular weight excluding hydrogens is 394 g/mol. The molecule has 0 spiro atoms. The molecule has 0 aromatic heterocycles. The van der Waals surface area contributed by atoms with Crippen LogP contribution in [-0.2, 0) is 10.4 Å². The highest BCUT2D eigenvalue weighted by molar-refractivity contribution is 6.34. The average Bonchev–Trinajstić information content (AvgIpc) is 3.00. The lowest BCUT2D eigenvalue weighted by atomic mass is 9.91. The van der Waals surface area contributed by atoms with Gasteiger partial charge in [-0.3, -0.25) is 10.3 Å². The highest BCUT2D eigenvalue weighted by atomic mass is 35.5. The zero-order valence-electron chi connectivity index (χ0n) is 12.8. The summed E-state index contributed by atoms with van der Waals surface area (Å²) in [5.41, 5.74) is -0.434. The molecule has 0 amide bonds. The van der Waals surface area contributed by atoms with Crippen LogP contribution in [0, 0.1) is 0 Å². The second-order valence-electron chi connectivity index (χ2n) is 5.54. The summed E-state index contributed by atoms with van der Waals surface area (Å²) in [5, 5.41) is 8.97. The van der Waals surface area contributed by atoms with Gasteiger partial charge in [0.2, 0.25) is 5.60 Å². The molecule has 136 valence electrons. The van der Waals surface area contributed by atoms with Gasteiger partial charge in [-0.05, 0) is 42.0 Å². The summed E-state index contributed by atoms with van der Waals surface area (Å²) in [7, 11) is 0. The number of benzene rings is 2. The molecule has 0 saturated carbocycles. The van der Waals surface area contributed by atoms with Crippen LogP contribution in [0.2, 0.25) is 10.0 Å². The summed E-state index contributed by atoms with van der Waals surface area (Å²) < 4.78 is 41.6. The van der Waals surface area contributed by atoms with Crippen LogP contribution < -0.4 is 5.48 Å². The van der Waals surface area contributed by atoms with E-state index in [9.17, 15) is 18.0 Å². The Morgan fingerprint density at radius 3 is 2.15 bits per heavy atom. The monoisotopic (exact) mass is 403 g/mol. The quantitative estimate of drug-likeness (QED) is 0.754. The predicted molar refractivity (Wildman–Crippen MR) is 89.8 cm³/mol.